The van der Waals surface area contributed by atoms with Crippen molar-refractivity contribution in [2.45, 2.75) is 6.42 Å². The van der Waals surface area contributed by atoms with Crippen molar-refractivity contribution in [3.05, 3.63) is 23.2 Å². The second kappa shape index (κ2) is 7.66. The summed E-state index contributed by atoms with van der Waals surface area (Å²) in [5.41, 5.74) is 0.609. The van der Waals surface area contributed by atoms with Gasteiger partial charge in [-0.1, -0.05) is 11.6 Å². The number of ether oxygens (including phenoxy) is 1. The fourth-order valence-corrected chi connectivity index (χ4v) is 2.85. The fourth-order valence-electron chi connectivity index (χ4n) is 2.68. The van der Waals surface area contributed by atoms with Crippen LogP contribution in [0.1, 0.15) is 6.42 Å². The van der Waals surface area contributed by atoms with Gasteiger partial charge in [0.05, 0.1) is 18.7 Å². The average Bonchev–Trinajstić information content (AvgIpc) is 2.93. The Labute approximate surface area is 141 Å². The number of hydrogen-bond acceptors (Lipinski definition) is 4. The summed E-state index contributed by atoms with van der Waals surface area (Å²) in [6, 6.07) is 5.12. The van der Waals surface area contributed by atoms with Gasteiger partial charge in [0.25, 0.3) is 0 Å². The fraction of sp³-hybridized carbons (Fsp3) is 0.500. The van der Waals surface area contributed by atoms with Gasteiger partial charge in [-0.15, -0.1) is 0 Å². The zero-order valence-corrected chi connectivity index (χ0v) is 14.4. The highest BCUT2D eigenvalue weighted by Crippen LogP contribution is 2.35. The third kappa shape index (κ3) is 3.95. The van der Waals surface area contributed by atoms with E-state index >= 15 is 0 Å². The number of carbonyl (C=O) groups excluding carboxylic acids is 2. The van der Waals surface area contributed by atoms with Crippen LogP contribution in [0.3, 0.4) is 0 Å². The number of nitrogens with zero attached hydrogens (tertiary/aromatic N) is 2. The maximum absolute atomic E-state index is 12.5. The van der Waals surface area contributed by atoms with Gasteiger partial charge < -0.3 is 19.9 Å². The predicted octanol–water partition coefficient (Wildman–Crippen LogP) is 1.38. The number of likely N-dealkylation sites (N-methyl/N-ethyl adjacent to an activating group) is 2. The van der Waals surface area contributed by atoms with Gasteiger partial charge in [-0.05, 0) is 25.2 Å². The number of benzene rings is 1. The number of carbonyl (C=O) groups is 2. The van der Waals surface area contributed by atoms with E-state index in [4.69, 9.17) is 16.3 Å². The molecule has 23 heavy (non-hydrogen) atoms. The normalized spacial score (nSPS) is 17.5. The van der Waals surface area contributed by atoms with Gasteiger partial charge in [0, 0.05) is 38.1 Å². The molecule has 1 heterocycles. The van der Waals surface area contributed by atoms with Gasteiger partial charge in [-0.2, -0.15) is 0 Å². The summed E-state index contributed by atoms with van der Waals surface area (Å²) in [4.78, 5) is 28.0. The van der Waals surface area contributed by atoms with Crippen LogP contribution in [0.25, 0.3) is 0 Å². The molecular formula is C16H22ClN3O3. The van der Waals surface area contributed by atoms with Gasteiger partial charge in [0.1, 0.15) is 5.75 Å². The van der Waals surface area contributed by atoms with Crippen molar-refractivity contribution in [3.63, 3.8) is 0 Å². The minimum absolute atomic E-state index is 0.0166. The van der Waals surface area contributed by atoms with Crippen LogP contribution >= 0.6 is 11.6 Å². The van der Waals surface area contributed by atoms with E-state index in [2.05, 4.69) is 5.32 Å². The van der Waals surface area contributed by atoms with Crippen molar-refractivity contribution in [1.82, 2.24) is 10.2 Å². The van der Waals surface area contributed by atoms with Gasteiger partial charge in [0.15, 0.2) is 0 Å². The molecule has 1 aliphatic rings. The first-order chi connectivity index (χ1) is 11.0. The van der Waals surface area contributed by atoms with E-state index in [0.29, 0.717) is 29.5 Å². The molecule has 126 valence electrons. The predicted molar refractivity (Wildman–Crippen MR) is 90.0 cm³/mol. The molecule has 0 aromatic heterocycles. The summed E-state index contributed by atoms with van der Waals surface area (Å²) in [7, 11) is 5.14. The molecule has 1 aromatic carbocycles. The SMILES string of the molecule is CNCCN(C)C(=O)C1CC(=O)N(c2cc(Cl)ccc2OC)C1. The molecule has 1 fully saturated rings. The summed E-state index contributed by atoms with van der Waals surface area (Å²) < 4.78 is 5.30. The largest absolute Gasteiger partial charge is 0.495 e. The van der Waals surface area contributed by atoms with Crippen molar-refractivity contribution >= 4 is 29.1 Å². The quantitative estimate of drug-likeness (QED) is 0.850. The average molecular weight is 340 g/mol. The van der Waals surface area contributed by atoms with Crippen LogP contribution in [0.2, 0.25) is 5.02 Å². The zero-order valence-electron chi connectivity index (χ0n) is 13.6. The van der Waals surface area contributed by atoms with Gasteiger partial charge in [-0.3, -0.25) is 9.59 Å². The standard InChI is InChI=1S/C16H22ClN3O3/c1-18-6-7-19(2)16(22)11-8-15(21)20(10-11)13-9-12(17)4-5-14(13)23-3/h4-5,9,11,18H,6-8,10H2,1-3H3. The lowest BCUT2D eigenvalue weighted by atomic mass is 10.1. The number of nitrogens with one attached hydrogen (secondary N) is 1. The van der Waals surface area contributed by atoms with Crippen LogP contribution in [0.4, 0.5) is 5.69 Å². The number of halogens is 1. The Morgan fingerprint density at radius 3 is 2.91 bits per heavy atom. The van der Waals surface area contributed by atoms with Crippen molar-refractivity contribution in [1.29, 1.82) is 0 Å². The molecule has 1 aliphatic heterocycles. The highest BCUT2D eigenvalue weighted by molar-refractivity contribution is 6.31. The second-order valence-electron chi connectivity index (χ2n) is 5.58. The van der Waals surface area contributed by atoms with Crippen molar-refractivity contribution in [2.24, 2.45) is 5.92 Å². The first kappa shape index (κ1) is 17.6. The van der Waals surface area contributed by atoms with Gasteiger partial charge >= 0.3 is 0 Å². The minimum atomic E-state index is -0.340. The number of hydrogen-bond donors (Lipinski definition) is 1. The van der Waals surface area contributed by atoms with Crippen molar-refractivity contribution in [2.75, 3.05) is 45.7 Å². The number of amides is 2. The Bertz CT molecular complexity index is 594. The van der Waals surface area contributed by atoms with Crippen LogP contribution < -0.4 is 15.0 Å². The third-order valence-corrected chi connectivity index (χ3v) is 4.21. The molecule has 1 N–H and O–H groups in total. The lowest BCUT2D eigenvalue weighted by molar-refractivity contribution is -0.134. The van der Waals surface area contributed by atoms with Gasteiger partial charge in [-0.25, -0.2) is 0 Å². The van der Waals surface area contributed by atoms with Crippen LogP contribution in [0.5, 0.6) is 5.75 Å². The molecule has 0 aliphatic carbocycles. The lowest BCUT2D eigenvalue weighted by Crippen LogP contribution is -2.38. The summed E-state index contributed by atoms with van der Waals surface area (Å²) in [6.45, 7) is 1.67. The van der Waals surface area contributed by atoms with Crippen LogP contribution in [0, 0.1) is 5.92 Å². The number of anilines is 1. The molecule has 0 spiro atoms. The van der Waals surface area contributed by atoms with E-state index < -0.39 is 0 Å². The lowest BCUT2D eigenvalue weighted by Gasteiger charge is -2.22. The van der Waals surface area contributed by atoms with Crippen LogP contribution in [-0.2, 0) is 9.59 Å². The minimum Gasteiger partial charge on any atom is -0.495 e. The first-order valence-electron chi connectivity index (χ1n) is 7.51. The Kier molecular flexibility index (Phi) is 5.85. The first-order valence-corrected chi connectivity index (χ1v) is 7.89. The molecule has 0 saturated carbocycles. The molecule has 0 bridgehead atoms. The Balaban J connectivity index is 2.14. The topological polar surface area (TPSA) is 61.9 Å². The molecule has 2 rings (SSSR count). The highest BCUT2D eigenvalue weighted by Gasteiger charge is 2.37. The third-order valence-electron chi connectivity index (χ3n) is 3.98. The van der Waals surface area contributed by atoms with E-state index in [1.807, 2.05) is 7.05 Å². The monoisotopic (exact) mass is 339 g/mol. The maximum Gasteiger partial charge on any atom is 0.227 e. The number of rotatable bonds is 6. The molecule has 1 atom stereocenters. The summed E-state index contributed by atoms with van der Waals surface area (Å²) >= 11 is 6.03. The maximum atomic E-state index is 12.5. The Hall–Kier alpha value is -1.79. The molecule has 6 nitrogen and oxygen atoms in total. The summed E-state index contributed by atoms with van der Waals surface area (Å²) in [5, 5.41) is 3.53. The van der Waals surface area contributed by atoms with Crippen LogP contribution in [0.15, 0.2) is 18.2 Å². The van der Waals surface area contributed by atoms with E-state index in [1.165, 1.54) is 0 Å². The van der Waals surface area contributed by atoms with E-state index in [-0.39, 0.29) is 24.2 Å². The van der Waals surface area contributed by atoms with Gasteiger partial charge in [0.2, 0.25) is 11.8 Å². The molecule has 1 unspecified atom stereocenters. The summed E-state index contributed by atoms with van der Waals surface area (Å²) in [5.74, 6) is 0.121. The molecular weight excluding hydrogens is 318 g/mol. The zero-order chi connectivity index (χ0) is 17.0. The Morgan fingerprint density at radius 2 is 2.26 bits per heavy atom. The van der Waals surface area contributed by atoms with Crippen molar-refractivity contribution < 1.29 is 14.3 Å². The van der Waals surface area contributed by atoms with E-state index in [9.17, 15) is 9.59 Å². The Morgan fingerprint density at radius 1 is 1.52 bits per heavy atom. The molecule has 7 heteroatoms. The van der Waals surface area contributed by atoms with Crippen molar-refractivity contribution in [3.8, 4) is 5.75 Å². The number of methoxy groups -OCH3 is 1. The molecule has 1 aromatic rings. The molecule has 0 radical (unpaired) electrons. The van der Waals surface area contributed by atoms with E-state index in [1.54, 1.807) is 42.2 Å². The summed E-state index contributed by atoms with van der Waals surface area (Å²) in [6.07, 6.45) is 0.207. The molecule has 2 amide bonds. The highest BCUT2D eigenvalue weighted by atomic mass is 35.5. The van der Waals surface area contributed by atoms with E-state index in [0.717, 1.165) is 6.54 Å². The molecule has 1 saturated heterocycles. The smallest absolute Gasteiger partial charge is 0.227 e. The second-order valence-corrected chi connectivity index (χ2v) is 6.02. The van der Waals surface area contributed by atoms with Crippen LogP contribution in [-0.4, -0.2) is 57.6 Å².